The molecule has 0 radical (unpaired) electrons. The van der Waals surface area contributed by atoms with E-state index in [0.717, 1.165) is 25.7 Å². The maximum atomic E-state index is 12.2. The van der Waals surface area contributed by atoms with Crippen LogP contribution in [0.4, 0.5) is 0 Å². The molecule has 4 aliphatic rings. The maximum absolute atomic E-state index is 12.2. The fourth-order valence-electron chi connectivity index (χ4n) is 5.38. The third-order valence-corrected chi connectivity index (χ3v) is 5.03. The Kier molecular flexibility index (Phi) is 2.20. The van der Waals surface area contributed by atoms with Gasteiger partial charge in [0.2, 0.25) is 0 Å². The molecular weight excluding hydrogens is 216 g/mol. The van der Waals surface area contributed by atoms with Crippen molar-refractivity contribution in [2.24, 2.45) is 16.7 Å². The largest absolute Gasteiger partial charge is 0.466 e. The molecule has 4 atom stereocenters. The van der Waals surface area contributed by atoms with Gasteiger partial charge in [0.15, 0.2) is 0 Å². The van der Waals surface area contributed by atoms with Crippen LogP contribution >= 0.6 is 0 Å². The lowest BCUT2D eigenvalue weighted by molar-refractivity contribution is -0.213. The minimum Gasteiger partial charge on any atom is -0.466 e. The predicted molar refractivity (Wildman–Crippen MR) is 63.3 cm³/mol. The zero-order valence-corrected chi connectivity index (χ0v) is 10.8. The van der Waals surface area contributed by atoms with Crippen LogP contribution in [0.3, 0.4) is 0 Å². The molecule has 4 unspecified atom stereocenters. The van der Waals surface area contributed by atoms with Gasteiger partial charge in [-0.05, 0) is 56.8 Å². The van der Waals surface area contributed by atoms with Gasteiger partial charge in [-0.3, -0.25) is 4.79 Å². The fraction of sp³-hybridized carbons (Fsp3) is 0.929. The Morgan fingerprint density at radius 2 is 2.06 bits per heavy atom. The Bertz CT molecular complexity index is 344. The molecule has 4 bridgehead atoms. The molecule has 4 fully saturated rings. The van der Waals surface area contributed by atoms with Crippen molar-refractivity contribution in [3.63, 3.8) is 0 Å². The minimum absolute atomic E-state index is 0.0613. The lowest BCUT2D eigenvalue weighted by Crippen LogP contribution is -2.61. The van der Waals surface area contributed by atoms with Crippen LogP contribution in [0.5, 0.6) is 0 Å². The standard InChI is InChI=1S/C14H22O3/c1-3-17-11(15)13-5-10-4-12(2,7-13)8-14(16,6-10)9-13/h10,16H,3-9H2,1-2H3. The Labute approximate surface area is 103 Å². The van der Waals surface area contributed by atoms with Crippen molar-refractivity contribution < 1.29 is 14.6 Å². The normalized spacial score (nSPS) is 51.6. The van der Waals surface area contributed by atoms with Crippen LogP contribution in [0.2, 0.25) is 0 Å². The van der Waals surface area contributed by atoms with Crippen LogP contribution in [0.25, 0.3) is 0 Å². The number of carbonyl (C=O) groups excluding carboxylic acids is 1. The van der Waals surface area contributed by atoms with Crippen LogP contribution in [0.1, 0.15) is 52.4 Å². The predicted octanol–water partition coefficient (Wildman–Crippen LogP) is 2.27. The van der Waals surface area contributed by atoms with Crippen LogP contribution < -0.4 is 0 Å². The van der Waals surface area contributed by atoms with E-state index in [1.807, 2.05) is 6.92 Å². The monoisotopic (exact) mass is 238 g/mol. The van der Waals surface area contributed by atoms with Gasteiger partial charge in [-0.2, -0.15) is 0 Å². The van der Waals surface area contributed by atoms with E-state index in [1.165, 1.54) is 6.42 Å². The van der Waals surface area contributed by atoms with Crippen LogP contribution in [-0.2, 0) is 9.53 Å². The Hall–Kier alpha value is -0.570. The van der Waals surface area contributed by atoms with E-state index in [-0.39, 0.29) is 16.8 Å². The summed E-state index contributed by atoms with van der Waals surface area (Å²) < 4.78 is 5.27. The van der Waals surface area contributed by atoms with E-state index >= 15 is 0 Å². The first-order valence-corrected chi connectivity index (χ1v) is 6.78. The van der Waals surface area contributed by atoms with E-state index in [9.17, 15) is 9.90 Å². The van der Waals surface area contributed by atoms with Gasteiger partial charge in [-0.25, -0.2) is 0 Å². The molecule has 4 saturated carbocycles. The lowest BCUT2D eigenvalue weighted by atomic mass is 9.43. The summed E-state index contributed by atoms with van der Waals surface area (Å²) in [5.74, 6) is 0.458. The fourth-order valence-corrected chi connectivity index (χ4v) is 5.38. The number of hydrogen-bond acceptors (Lipinski definition) is 3. The first-order chi connectivity index (χ1) is 7.89. The smallest absolute Gasteiger partial charge is 0.312 e. The molecule has 1 N–H and O–H groups in total. The molecule has 0 spiro atoms. The molecule has 3 heteroatoms. The molecule has 3 nitrogen and oxygen atoms in total. The highest BCUT2D eigenvalue weighted by atomic mass is 16.5. The summed E-state index contributed by atoms with van der Waals surface area (Å²) >= 11 is 0. The highest BCUT2D eigenvalue weighted by Crippen LogP contribution is 2.66. The highest BCUT2D eigenvalue weighted by Gasteiger charge is 2.64. The number of aliphatic hydroxyl groups is 1. The summed E-state index contributed by atoms with van der Waals surface area (Å²) in [5.41, 5.74) is -0.819. The average molecular weight is 238 g/mol. The maximum Gasteiger partial charge on any atom is 0.312 e. The van der Waals surface area contributed by atoms with Crippen molar-refractivity contribution in [1.29, 1.82) is 0 Å². The summed E-state index contributed by atoms with van der Waals surface area (Å²) in [6.45, 7) is 4.53. The summed E-state index contributed by atoms with van der Waals surface area (Å²) in [4.78, 5) is 12.2. The Balaban J connectivity index is 1.94. The number of carbonyl (C=O) groups is 1. The second-order valence-corrected chi connectivity index (χ2v) is 7.04. The van der Waals surface area contributed by atoms with Gasteiger partial charge < -0.3 is 9.84 Å². The molecule has 0 aromatic heterocycles. The molecule has 4 aliphatic carbocycles. The van der Waals surface area contributed by atoms with E-state index in [4.69, 9.17) is 4.74 Å². The molecule has 0 heterocycles. The summed E-state index contributed by atoms with van der Waals surface area (Å²) in [7, 11) is 0. The minimum atomic E-state index is -0.596. The van der Waals surface area contributed by atoms with Gasteiger partial charge in [0.25, 0.3) is 0 Å². The number of rotatable bonds is 2. The van der Waals surface area contributed by atoms with Gasteiger partial charge in [-0.1, -0.05) is 6.92 Å². The van der Waals surface area contributed by atoms with Crippen LogP contribution in [-0.4, -0.2) is 23.3 Å². The van der Waals surface area contributed by atoms with Crippen LogP contribution in [0.15, 0.2) is 0 Å². The van der Waals surface area contributed by atoms with Crippen molar-refractivity contribution >= 4 is 5.97 Å². The van der Waals surface area contributed by atoms with E-state index in [0.29, 0.717) is 18.9 Å². The zero-order valence-electron chi connectivity index (χ0n) is 10.8. The molecular formula is C14H22O3. The van der Waals surface area contributed by atoms with Gasteiger partial charge in [0.1, 0.15) is 0 Å². The average Bonchev–Trinajstić information content (AvgIpc) is 2.11. The third kappa shape index (κ3) is 1.62. The van der Waals surface area contributed by atoms with Gasteiger partial charge in [0, 0.05) is 0 Å². The van der Waals surface area contributed by atoms with Crippen molar-refractivity contribution in [2.45, 2.75) is 58.0 Å². The third-order valence-electron chi connectivity index (χ3n) is 5.03. The number of hydrogen-bond donors (Lipinski definition) is 1. The number of ether oxygens (including phenoxy) is 1. The molecule has 0 amide bonds. The lowest BCUT2D eigenvalue weighted by Gasteiger charge is -2.63. The second-order valence-electron chi connectivity index (χ2n) is 7.04. The van der Waals surface area contributed by atoms with Crippen molar-refractivity contribution in [3.8, 4) is 0 Å². The molecule has 0 aromatic rings. The molecule has 0 aliphatic heterocycles. The first-order valence-electron chi connectivity index (χ1n) is 6.78. The topological polar surface area (TPSA) is 46.5 Å². The van der Waals surface area contributed by atoms with E-state index < -0.39 is 5.60 Å². The van der Waals surface area contributed by atoms with Crippen molar-refractivity contribution in [2.75, 3.05) is 6.61 Å². The second kappa shape index (κ2) is 3.25. The molecule has 4 rings (SSSR count). The van der Waals surface area contributed by atoms with Crippen LogP contribution in [0, 0.1) is 16.7 Å². The zero-order chi connectivity index (χ0) is 12.3. The highest BCUT2D eigenvalue weighted by molar-refractivity contribution is 5.78. The van der Waals surface area contributed by atoms with Gasteiger partial charge >= 0.3 is 5.97 Å². The summed E-state index contributed by atoms with van der Waals surface area (Å²) in [6, 6.07) is 0. The molecule has 96 valence electrons. The van der Waals surface area contributed by atoms with E-state index in [1.54, 1.807) is 0 Å². The Morgan fingerprint density at radius 1 is 1.29 bits per heavy atom. The summed E-state index contributed by atoms with van der Waals surface area (Å²) in [6.07, 6.45) is 5.42. The van der Waals surface area contributed by atoms with Gasteiger partial charge in [0.05, 0.1) is 17.6 Å². The summed E-state index contributed by atoms with van der Waals surface area (Å²) in [5, 5.41) is 10.6. The van der Waals surface area contributed by atoms with Gasteiger partial charge in [-0.15, -0.1) is 0 Å². The van der Waals surface area contributed by atoms with E-state index in [2.05, 4.69) is 6.92 Å². The molecule has 0 saturated heterocycles. The van der Waals surface area contributed by atoms with Crippen molar-refractivity contribution in [3.05, 3.63) is 0 Å². The van der Waals surface area contributed by atoms with Crippen molar-refractivity contribution in [1.82, 2.24) is 0 Å². The first kappa shape index (κ1) is 11.5. The molecule has 0 aromatic carbocycles. The quantitative estimate of drug-likeness (QED) is 0.751. The number of esters is 1. The SMILES string of the molecule is CCOC(=O)C12CC3CC(C)(CC(O)(C3)C1)C2. The Morgan fingerprint density at radius 3 is 2.65 bits per heavy atom. The molecule has 17 heavy (non-hydrogen) atoms.